The Labute approximate surface area is 134 Å². The smallest absolute Gasteiger partial charge is 0.139 e. The summed E-state index contributed by atoms with van der Waals surface area (Å²) in [5.74, 6) is 0.740. The molecule has 2 aromatic carbocycles. The lowest BCUT2D eigenvalue weighted by atomic mass is 10.0. The molecule has 0 aliphatic heterocycles. The van der Waals surface area contributed by atoms with E-state index in [4.69, 9.17) is 6.42 Å². The Morgan fingerprint density at radius 3 is 2.30 bits per heavy atom. The summed E-state index contributed by atoms with van der Waals surface area (Å²) in [6.07, 6.45) is 6.55. The topological polar surface area (TPSA) is 0 Å². The van der Waals surface area contributed by atoms with Crippen molar-refractivity contribution in [2.24, 2.45) is 0 Å². The number of terminal acetylenes is 1. The molecule has 0 aliphatic carbocycles. The van der Waals surface area contributed by atoms with Crippen LogP contribution in [0.25, 0.3) is 11.1 Å². The Morgan fingerprint density at radius 2 is 1.74 bits per heavy atom. The van der Waals surface area contributed by atoms with Crippen molar-refractivity contribution >= 4 is 11.1 Å². The second-order valence-corrected chi connectivity index (χ2v) is 5.18. The molecule has 2 aromatic rings. The number of hydrogen-bond acceptors (Lipinski definition) is 0. The highest BCUT2D eigenvalue weighted by molar-refractivity contribution is 5.83. The lowest BCUT2D eigenvalue weighted by Gasteiger charge is -2.06. The molecular formula is C20H15F3. The summed E-state index contributed by atoms with van der Waals surface area (Å²) >= 11 is 0. The van der Waals surface area contributed by atoms with E-state index in [1.54, 1.807) is 26.0 Å². The highest BCUT2D eigenvalue weighted by Crippen LogP contribution is 2.25. The predicted molar refractivity (Wildman–Crippen MR) is 88.0 cm³/mol. The van der Waals surface area contributed by atoms with Crippen LogP contribution in [-0.4, -0.2) is 0 Å². The Morgan fingerprint density at radius 1 is 1.09 bits per heavy atom. The van der Waals surface area contributed by atoms with Crippen molar-refractivity contribution in [1.82, 2.24) is 0 Å². The molecule has 0 heterocycles. The van der Waals surface area contributed by atoms with Crippen LogP contribution in [0.2, 0.25) is 0 Å². The van der Waals surface area contributed by atoms with E-state index in [9.17, 15) is 13.2 Å². The molecule has 0 aromatic heterocycles. The summed E-state index contributed by atoms with van der Waals surface area (Å²) in [6, 6.07) is 9.94. The molecule has 0 saturated heterocycles. The normalized spacial score (nSPS) is 12.6. The van der Waals surface area contributed by atoms with Crippen molar-refractivity contribution in [3.8, 4) is 12.3 Å². The summed E-state index contributed by atoms with van der Waals surface area (Å²) in [4.78, 5) is 0. The third kappa shape index (κ3) is 3.92. The molecule has 0 radical (unpaired) electrons. The maximum atomic E-state index is 14.4. The number of benzene rings is 2. The van der Waals surface area contributed by atoms with E-state index in [2.05, 4.69) is 5.92 Å². The molecule has 0 bridgehead atoms. The first-order valence-corrected chi connectivity index (χ1v) is 6.99. The van der Waals surface area contributed by atoms with Crippen LogP contribution >= 0.6 is 0 Å². The van der Waals surface area contributed by atoms with Gasteiger partial charge in [-0.3, -0.25) is 0 Å². The molecule has 0 N–H and O–H groups in total. The molecule has 0 nitrogen and oxygen atoms in total. The first-order chi connectivity index (χ1) is 10.9. The van der Waals surface area contributed by atoms with Crippen LogP contribution in [0.1, 0.15) is 23.6 Å². The quantitative estimate of drug-likeness (QED) is 0.504. The summed E-state index contributed by atoms with van der Waals surface area (Å²) in [5.41, 5.74) is 1.89. The van der Waals surface area contributed by atoms with E-state index in [1.807, 2.05) is 0 Å². The molecule has 0 spiro atoms. The van der Waals surface area contributed by atoms with Crippen LogP contribution in [0.3, 0.4) is 0 Å². The largest absolute Gasteiger partial charge is 0.207 e. The van der Waals surface area contributed by atoms with Gasteiger partial charge in [0.1, 0.15) is 17.5 Å². The number of hydrogen-bond donors (Lipinski definition) is 0. The summed E-state index contributed by atoms with van der Waals surface area (Å²) in [6.45, 7) is 3.38. The van der Waals surface area contributed by atoms with E-state index >= 15 is 0 Å². The van der Waals surface area contributed by atoms with E-state index < -0.39 is 17.5 Å². The second-order valence-electron chi connectivity index (χ2n) is 5.18. The Kier molecular flexibility index (Phi) is 5.08. The molecular weight excluding hydrogens is 297 g/mol. The molecule has 0 aliphatic rings. The molecule has 0 saturated carbocycles. The standard InChI is InChI=1S/C20H15F3/c1-4-17(15-6-8-16(21)9-7-15)20(23)12-14(3)18-10-5-13(2)11-19(18)22/h1,5-12H,2-3H3. The van der Waals surface area contributed by atoms with Crippen molar-refractivity contribution in [1.29, 1.82) is 0 Å². The first kappa shape index (κ1) is 16.6. The fourth-order valence-electron chi connectivity index (χ4n) is 2.19. The zero-order chi connectivity index (χ0) is 17.0. The van der Waals surface area contributed by atoms with Crippen LogP contribution < -0.4 is 0 Å². The maximum Gasteiger partial charge on any atom is 0.139 e. The van der Waals surface area contributed by atoms with Crippen molar-refractivity contribution in [2.75, 3.05) is 0 Å². The average Bonchev–Trinajstić information content (AvgIpc) is 2.49. The molecule has 0 amide bonds. The summed E-state index contributed by atoms with van der Waals surface area (Å²) in [5, 5.41) is 0. The molecule has 23 heavy (non-hydrogen) atoms. The van der Waals surface area contributed by atoms with Crippen molar-refractivity contribution in [3.05, 3.63) is 82.7 Å². The Hall–Kier alpha value is -2.73. The Balaban J connectivity index is 2.45. The van der Waals surface area contributed by atoms with Gasteiger partial charge in [-0.25, -0.2) is 13.2 Å². The van der Waals surface area contributed by atoms with Gasteiger partial charge < -0.3 is 0 Å². The lowest BCUT2D eigenvalue weighted by molar-refractivity contribution is 0.622. The molecule has 0 fully saturated rings. The molecule has 2 rings (SSSR count). The van der Waals surface area contributed by atoms with Gasteiger partial charge in [0.25, 0.3) is 0 Å². The van der Waals surface area contributed by atoms with Gasteiger partial charge in [-0.05, 0) is 54.8 Å². The van der Waals surface area contributed by atoms with Crippen molar-refractivity contribution < 1.29 is 13.2 Å². The van der Waals surface area contributed by atoms with E-state index in [1.165, 1.54) is 36.4 Å². The molecule has 0 atom stereocenters. The maximum absolute atomic E-state index is 14.4. The van der Waals surface area contributed by atoms with Crippen LogP contribution in [-0.2, 0) is 0 Å². The van der Waals surface area contributed by atoms with E-state index in [-0.39, 0.29) is 5.57 Å². The van der Waals surface area contributed by atoms with Gasteiger partial charge >= 0.3 is 0 Å². The average molecular weight is 312 g/mol. The van der Waals surface area contributed by atoms with E-state index in [0.29, 0.717) is 16.7 Å². The summed E-state index contributed by atoms with van der Waals surface area (Å²) < 4.78 is 41.3. The molecule has 0 unspecified atom stereocenters. The van der Waals surface area contributed by atoms with Crippen LogP contribution in [0, 0.1) is 30.9 Å². The monoisotopic (exact) mass is 312 g/mol. The summed E-state index contributed by atoms with van der Waals surface area (Å²) in [7, 11) is 0. The number of rotatable bonds is 3. The third-order valence-electron chi connectivity index (χ3n) is 3.41. The zero-order valence-corrected chi connectivity index (χ0v) is 12.8. The zero-order valence-electron chi connectivity index (χ0n) is 12.8. The number of allylic oxidation sites excluding steroid dienone is 4. The van der Waals surface area contributed by atoms with Crippen LogP contribution in [0.4, 0.5) is 13.2 Å². The Bertz CT molecular complexity index is 819. The van der Waals surface area contributed by atoms with Crippen LogP contribution in [0.5, 0.6) is 0 Å². The third-order valence-corrected chi connectivity index (χ3v) is 3.41. The van der Waals surface area contributed by atoms with E-state index in [0.717, 1.165) is 5.56 Å². The van der Waals surface area contributed by atoms with Gasteiger partial charge in [0, 0.05) is 5.56 Å². The fraction of sp³-hybridized carbons (Fsp3) is 0.100. The highest BCUT2D eigenvalue weighted by Gasteiger charge is 2.09. The molecule has 3 heteroatoms. The predicted octanol–water partition coefficient (Wildman–Crippen LogP) is 5.69. The van der Waals surface area contributed by atoms with Gasteiger partial charge in [0.05, 0.1) is 5.57 Å². The lowest BCUT2D eigenvalue weighted by Crippen LogP contribution is -1.90. The SMILES string of the molecule is C#CC(=C(F)C=C(C)c1ccc(C)cc1F)c1ccc(F)cc1. The minimum atomic E-state index is -0.670. The van der Waals surface area contributed by atoms with Gasteiger partial charge in [-0.2, -0.15) is 0 Å². The van der Waals surface area contributed by atoms with Crippen molar-refractivity contribution in [3.63, 3.8) is 0 Å². The second kappa shape index (κ2) is 7.02. The van der Waals surface area contributed by atoms with Crippen LogP contribution in [0.15, 0.2) is 54.4 Å². The highest BCUT2D eigenvalue weighted by atomic mass is 19.1. The van der Waals surface area contributed by atoms with Gasteiger partial charge in [-0.1, -0.05) is 30.2 Å². The number of aryl methyl sites for hydroxylation is 1. The van der Waals surface area contributed by atoms with Gasteiger partial charge in [0.2, 0.25) is 0 Å². The minimum Gasteiger partial charge on any atom is -0.207 e. The number of halogens is 3. The van der Waals surface area contributed by atoms with Gasteiger partial charge in [-0.15, -0.1) is 6.42 Å². The first-order valence-electron chi connectivity index (χ1n) is 6.99. The fourth-order valence-corrected chi connectivity index (χ4v) is 2.19. The molecule has 116 valence electrons. The minimum absolute atomic E-state index is 0.00290. The van der Waals surface area contributed by atoms with Crippen molar-refractivity contribution in [2.45, 2.75) is 13.8 Å². The van der Waals surface area contributed by atoms with Gasteiger partial charge in [0.15, 0.2) is 0 Å².